The van der Waals surface area contributed by atoms with Crippen molar-refractivity contribution in [3.05, 3.63) is 152 Å². The van der Waals surface area contributed by atoms with Gasteiger partial charge in [0.15, 0.2) is 23.0 Å². The Morgan fingerprint density at radius 3 is 1.72 bits per heavy atom. The number of pyridine rings is 1. The van der Waals surface area contributed by atoms with E-state index in [1.165, 1.54) is 0 Å². The van der Waals surface area contributed by atoms with Gasteiger partial charge in [-0.1, -0.05) is 103 Å². The average molecular weight is 592 g/mol. The molecule has 8 aromatic rings. The van der Waals surface area contributed by atoms with Gasteiger partial charge in [-0.3, -0.25) is 4.90 Å². The zero-order valence-electron chi connectivity index (χ0n) is 24.6. The van der Waals surface area contributed by atoms with Gasteiger partial charge in [0.05, 0.1) is 44.9 Å². The van der Waals surface area contributed by atoms with Gasteiger partial charge in [0.1, 0.15) is 5.69 Å². The number of anilines is 3. The van der Waals surface area contributed by atoms with E-state index in [0.717, 1.165) is 90.1 Å². The lowest BCUT2D eigenvalue weighted by atomic mass is 10.0. The van der Waals surface area contributed by atoms with Crippen LogP contribution in [0.3, 0.4) is 0 Å². The first-order valence-electron chi connectivity index (χ1n) is 15.4. The Kier molecular flexibility index (Phi) is 5.22. The first kappa shape index (κ1) is 25.0. The highest BCUT2D eigenvalue weighted by Crippen LogP contribution is 2.62. The van der Waals surface area contributed by atoms with Crippen LogP contribution < -0.4 is 14.4 Å². The quantitative estimate of drug-likeness (QED) is 0.205. The van der Waals surface area contributed by atoms with E-state index in [1.54, 1.807) is 0 Å². The Labute approximate surface area is 265 Å². The van der Waals surface area contributed by atoms with Crippen molar-refractivity contribution in [2.45, 2.75) is 0 Å². The Hall–Kier alpha value is -6.33. The van der Waals surface area contributed by atoms with Crippen molar-refractivity contribution < 1.29 is 9.47 Å². The predicted octanol–water partition coefficient (Wildman–Crippen LogP) is 11.2. The van der Waals surface area contributed by atoms with Crippen LogP contribution in [0.5, 0.6) is 23.0 Å². The molecule has 0 aliphatic carbocycles. The van der Waals surface area contributed by atoms with Gasteiger partial charge in [0, 0.05) is 22.6 Å². The summed E-state index contributed by atoms with van der Waals surface area (Å²) in [5.41, 5.74) is 9.91. The molecule has 4 heterocycles. The minimum atomic E-state index is 0.750. The van der Waals surface area contributed by atoms with E-state index < -0.39 is 0 Å². The highest BCUT2D eigenvalue weighted by Gasteiger charge is 2.37. The van der Waals surface area contributed by atoms with Crippen LogP contribution in [0.25, 0.3) is 50.0 Å². The van der Waals surface area contributed by atoms with Crippen molar-refractivity contribution in [2.75, 3.05) is 4.90 Å². The van der Waals surface area contributed by atoms with Crippen LogP contribution in [0.15, 0.2) is 152 Å². The molecule has 0 bridgehead atoms. The molecule has 2 aliphatic rings. The fourth-order valence-electron chi connectivity index (χ4n) is 6.94. The number of aromatic nitrogens is 2. The maximum absolute atomic E-state index is 6.85. The summed E-state index contributed by atoms with van der Waals surface area (Å²) in [6, 6.07) is 52.2. The van der Waals surface area contributed by atoms with Crippen LogP contribution in [0, 0.1) is 0 Å². The van der Waals surface area contributed by atoms with Crippen molar-refractivity contribution >= 4 is 38.9 Å². The summed E-state index contributed by atoms with van der Waals surface area (Å²) in [4.78, 5) is 7.43. The fourth-order valence-corrected chi connectivity index (χ4v) is 6.94. The number of benzene rings is 6. The molecule has 2 aromatic heterocycles. The summed E-state index contributed by atoms with van der Waals surface area (Å²) >= 11 is 0. The summed E-state index contributed by atoms with van der Waals surface area (Å²) in [5.74, 6) is 3.15. The molecule has 0 saturated heterocycles. The predicted molar refractivity (Wildman–Crippen MR) is 184 cm³/mol. The maximum Gasteiger partial charge on any atom is 0.165 e. The van der Waals surface area contributed by atoms with Crippen LogP contribution >= 0.6 is 0 Å². The van der Waals surface area contributed by atoms with Gasteiger partial charge in [-0.05, 0) is 42.5 Å². The van der Waals surface area contributed by atoms with Crippen LogP contribution in [0.1, 0.15) is 0 Å². The van der Waals surface area contributed by atoms with E-state index >= 15 is 0 Å². The van der Waals surface area contributed by atoms with Crippen molar-refractivity contribution in [3.63, 3.8) is 0 Å². The third kappa shape index (κ3) is 3.60. The Morgan fingerprint density at radius 2 is 1.04 bits per heavy atom. The number of ether oxygens (including phenoxy) is 2. The van der Waals surface area contributed by atoms with Crippen molar-refractivity contribution in [1.82, 2.24) is 9.55 Å². The maximum atomic E-state index is 6.85. The molecule has 5 nitrogen and oxygen atoms in total. The molecule has 6 aromatic carbocycles. The normalized spacial score (nSPS) is 12.7. The number of hydrogen-bond donors (Lipinski definition) is 0. The number of para-hydroxylation sites is 5. The van der Waals surface area contributed by atoms with Gasteiger partial charge in [-0.15, -0.1) is 0 Å². The molecular weight excluding hydrogens is 566 g/mol. The van der Waals surface area contributed by atoms with Gasteiger partial charge in [0.2, 0.25) is 0 Å². The molecule has 0 atom stereocenters. The van der Waals surface area contributed by atoms with Crippen molar-refractivity contribution in [2.24, 2.45) is 0 Å². The van der Waals surface area contributed by atoms with Gasteiger partial charge < -0.3 is 14.0 Å². The summed E-state index contributed by atoms with van der Waals surface area (Å²) in [6.07, 6.45) is 0. The minimum absolute atomic E-state index is 0.750. The lowest BCUT2D eigenvalue weighted by molar-refractivity contribution is 0.450. The van der Waals surface area contributed by atoms with E-state index in [-0.39, 0.29) is 0 Å². The molecule has 2 aliphatic heterocycles. The van der Waals surface area contributed by atoms with Crippen LogP contribution in [-0.2, 0) is 0 Å². The number of fused-ring (bicyclic) bond motifs is 8. The van der Waals surface area contributed by atoms with Gasteiger partial charge in [0.25, 0.3) is 0 Å². The third-order valence-corrected chi connectivity index (χ3v) is 8.93. The molecule has 5 heteroatoms. The van der Waals surface area contributed by atoms with E-state index in [1.807, 2.05) is 48.5 Å². The Bertz CT molecular complexity index is 2420. The molecule has 0 unspecified atom stereocenters. The Morgan fingerprint density at radius 1 is 0.478 bits per heavy atom. The zero-order chi connectivity index (χ0) is 30.2. The van der Waals surface area contributed by atoms with E-state index in [4.69, 9.17) is 14.5 Å². The van der Waals surface area contributed by atoms with E-state index in [0.29, 0.717) is 0 Å². The van der Waals surface area contributed by atoms with Crippen molar-refractivity contribution in [3.8, 4) is 51.2 Å². The summed E-state index contributed by atoms with van der Waals surface area (Å²) in [6.45, 7) is 0. The van der Waals surface area contributed by atoms with Gasteiger partial charge in [-0.2, -0.15) is 0 Å². The molecule has 10 rings (SSSR count). The largest absolute Gasteiger partial charge is 0.453 e. The second-order valence-corrected chi connectivity index (χ2v) is 11.6. The molecule has 0 spiro atoms. The molecule has 0 fully saturated rings. The third-order valence-electron chi connectivity index (χ3n) is 8.93. The second kappa shape index (κ2) is 9.58. The number of rotatable bonds is 3. The lowest BCUT2D eigenvalue weighted by Crippen LogP contribution is -2.20. The summed E-state index contributed by atoms with van der Waals surface area (Å²) in [7, 11) is 0. The molecule has 0 N–H and O–H groups in total. The van der Waals surface area contributed by atoms with E-state index in [2.05, 4.69) is 113 Å². The molecular formula is C41H25N3O2. The smallest absolute Gasteiger partial charge is 0.165 e. The van der Waals surface area contributed by atoms with Crippen LogP contribution in [0.4, 0.5) is 17.1 Å². The first-order chi connectivity index (χ1) is 22.8. The molecule has 46 heavy (non-hydrogen) atoms. The van der Waals surface area contributed by atoms with Gasteiger partial charge in [-0.25, -0.2) is 4.98 Å². The highest BCUT2D eigenvalue weighted by molar-refractivity contribution is 6.17. The second-order valence-electron chi connectivity index (χ2n) is 11.6. The topological polar surface area (TPSA) is 39.5 Å². The molecule has 0 saturated carbocycles. The Balaban J connectivity index is 1.31. The summed E-state index contributed by atoms with van der Waals surface area (Å²) in [5, 5.41) is 2.14. The number of hydrogen-bond acceptors (Lipinski definition) is 4. The van der Waals surface area contributed by atoms with Crippen LogP contribution in [0.2, 0.25) is 0 Å². The monoisotopic (exact) mass is 591 g/mol. The molecule has 0 amide bonds. The summed E-state index contributed by atoms with van der Waals surface area (Å²) < 4.78 is 15.8. The minimum Gasteiger partial charge on any atom is -0.453 e. The number of nitrogens with zero attached hydrogens (tertiary/aromatic N) is 3. The average Bonchev–Trinajstić information content (AvgIpc) is 3.46. The van der Waals surface area contributed by atoms with E-state index in [9.17, 15) is 0 Å². The zero-order valence-corrected chi connectivity index (χ0v) is 24.6. The SMILES string of the molecule is c1ccc(-c2cc(-n3c4ccccc4c4c5c6c(cc43)Oc3ccccc3N6c3ccccc3O5)cc(-c3ccccc3)n2)cc1. The fraction of sp³-hybridized carbons (Fsp3) is 0. The van der Waals surface area contributed by atoms with Crippen molar-refractivity contribution in [1.29, 1.82) is 0 Å². The molecule has 0 radical (unpaired) electrons. The molecule has 216 valence electrons. The highest BCUT2D eigenvalue weighted by atomic mass is 16.5. The standard InChI is InChI=1S/C41H25N3O2/c1-3-13-26(14-4-1)30-23-28(24-31(42-30)27-15-5-2-6-16-27)43-32-18-8-7-17-29(32)39-35(43)25-38-40-41(39)46-37-22-12-10-20-34(37)44(40)33-19-9-11-21-36(33)45-38/h1-25H. The first-order valence-corrected chi connectivity index (χ1v) is 15.4. The van der Waals surface area contributed by atoms with Gasteiger partial charge >= 0.3 is 0 Å². The lowest BCUT2D eigenvalue weighted by Gasteiger charge is -2.38. The van der Waals surface area contributed by atoms with Crippen LogP contribution in [-0.4, -0.2) is 9.55 Å².